The number of carbonyl (C=O) groups is 2. The van der Waals surface area contributed by atoms with Crippen molar-refractivity contribution in [3.8, 4) is 0 Å². The second-order valence-corrected chi connectivity index (χ2v) is 5.19. The van der Waals surface area contributed by atoms with Crippen LogP contribution in [0.2, 0.25) is 0 Å². The van der Waals surface area contributed by atoms with Crippen LogP contribution < -0.4 is 10.2 Å². The highest BCUT2D eigenvalue weighted by molar-refractivity contribution is 5.92. The van der Waals surface area contributed by atoms with Gasteiger partial charge in [0, 0.05) is 12.6 Å². The number of carboxylic acids is 1. The van der Waals surface area contributed by atoms with Crippen LogP contribution in [0.25, 0.3) is 0 Å². The van der Waals surface area contributed by atoms with E-state index in [4.69, 9.17) is 5.11 Å². The number of nitrogens with one attached hydrogen (secondary N) is 1. The van der Waals surface area contributed by atoms with Gasteiger partial charge < -0.3 is 10.4 Å². The van der Waals surface area contributed by atoms with Crippen molar-refractivity contribution in [1.29, 1.82) is 0 Å². The number of para-hydroxylation sites is 1. The molecule has 2 atom stereocenters. The summed E-state index contributed by atoms with van der Waals surface area (Å²) >= 11 is 0. The first-order valence-corrected chi connectivity index (χ1v) is 7.08. The molecule has 0 heterocycles. The minimum Gasteiger partial charge on any atom is -0.481 e. The summed E-state index contributed by atoms with van der Waals surface area (Å²) in [6, 6.07) is 5.54. The Labute approximate surface area is 122 Å². The van der Waals surface area contributed by atoms with Gasteiger partial charge in [-0.25, -0.2) is 9.18 Å². The van der Waals surface area contributed by atoms with Crippen molar-refractivity contribution in [2.24, 2.45) is 5.92 Å². The summed E-state index contributed by atoms with van der Waals surface area (Å²) in [7, 11) is 0. The summed E-state index contributed by atoms with van der Waals surface area (Å²) in [4.78, 5) is 24.5. The summed E-state index contributed by atoms with van der Waals surface area (Å²) < 4.78 is 13.8. The Morgan fingerprint density at radius 2 is 2.10 bits per heavy atom. The van der Waals surface area contributed by atoms with Crippen LogP contribution in [0.4, 0.5) is 14.9 Å². The van der Waals surface area contributed by atoms with Gasteiger partial charge in [0.15, 0.2) is 0 Å². The summed E-state index contributed by atoms with van der Waals surface area (Å²) in [6.45, 7) is 2.10. The van der Waals surface area contributed by atoms with E-state index in [-0.39, 0.29) is 11.7 Å². The molecule has 2 N–H and O–H groups in total. The molecule has 1 aliphatic rings. The van der Waals surface area contributed by atoms with Crippen LogP contribution in [-0.4, -0.2) is 29.7 Å². The number of carboxylic acid groups (broad SMARTS) is 1. The number of urea groups is 1. The average molecular weight is 294 g/mol. The molecule has 5 nitrogen and oxygen atoms in total. The van der Waals surface area contributed by atoms with Gasteiger partial charge in [0.05, 0.1) is 11.6 Å². The van der Waals surface area contributed by atoms with Crippen LogP contribution in [0.1, 0.15) is 26.2 Å². The smallest absolute Gasteiger partial charge is 0.322 e. The number of hydrogen-bond donors (Lipinski definition) is 2. The SMILES string of the molecule is CCN(C(=O)N[C@H]1CC[C@@H](C(=O)O)C1)c1ccccc1F. The van der Waals surface area contributed by atoms with E-state index < -0.39 is 23.7 Å². The Balaban J connectivity index is 2.02. The molecule has 1 saturated carbocycles. The van der Waals surface area contributed by atoms with Crippen molar-refractivity contribution in [3.63, 3.8) is 0 Å². The molecule has 1 aromatic rings. The molecule has 114 valence electrons. The molecule has 0 saturated heterocycles. The van der Waals surface area contributed by atoms with Crippen LogP contribution in [-0.2, 0) is 4.79 Å². The van der Waals surface area contributed by atoms with Crippen molar-refractivity contribution in [2.45, 2.75) is 32.2 Å². The van der Waals surface area contributed by atoms with Gasteiger partial charge in [-0.15, -0.1) is 0 Å². The molecule has 1 fully saturated rings. The normalized spacial score (nSPS) is 21.0. The fourth-order valence-corrected chi connectivity index (χ4v) is 2.68. The summed E-state index contributed by atoms with van der Waals surface area (Å²) in [5.41, 5.74) is 0.227. The topological polar surface area (TPSA) is 69.6 Å². The van der Waals surface area contributed by atoms with Gasteiger partial charge in [-0.2, -0.15) is 0 Å². The quantitative estimate of drug-likeness (QED) is 0.896. The zero-order valence-electron chi connectivity index (χ0n) is 11.9. The van der Waals surface area contributed by atoms with Crippen molar-refractivity contribution in [3.05, 3.63) is 30.1 Å². The maximum atomic E-state index is 13.8. The van der Waals surface area contributed by atoms with Crippen molar-refractivity contribution in [1.82, 2.24) is 5.32 Å². The van der Waals surface area contributed by atoms with E-state index in [9.17, 15) is 14.0 Å². The number of amides is 2. The Bertz CT molecular complexity index is 535. The third-order valence-electron chi connectivity index (χ3n) is 3.81. The van der Waals surface area contributed by atoms with Crippen LogP contribution in [0.5, 0.6) is 0 Å². The van der Waals surface area contributed by atoms with Gasteiger partial charge in [-0.1, -0.05) is 12.1 Å². The molecule has 2 amide bonds. The zero-order chi connectivity index (χ0) is 15.4. The summed E-state index contributed by atoms with van der Waals surface area (Å²) in [6.07, 6.45) is 1.62. The van der Waals surface area contributed by atoms with E-state index in [2.05, 4.69) is 5.32 Å². The van der Waals surface area contributed by atoms with E-state index in [1.165, 1.54) is 11.0 Å². The molecule has 0 spiro atoms. The molecule has 1 aliphatic carbocycles. The Morgan fingerprint density at radius 3 is 2.67 bits per heavy atom. The molecule has 0 aromatic heterocycles. The number of aliphatic carboxylic acids is 1. The summed E-state index contributed by atoms with van der Waals surface area (Å²) in [5, 5.41) is 11.8. The Morgan fingerprint density at radius 1 is 1.38 bits per heavy atom. The standard InChI is InChI=1S/C15H19FN2O3/c1-2-18(13-6-4-3-5-12(13)16)15(21)17-11-8-7-10(9-11)14(19)20/h3-6,10-11H,2,7-9H2,1H3,(H,17,21)(H,19,20)/t10-,11+/m1/s1. The molecule has 0 bridgehead atoms. The lowest BCUT2D eigenvalue weighted by atomic mass is 10.1. The average Bonchev–Trinajstić information content (AvgIpc) is 2.90. The predicted octanol–water partition coefficient (Wildman–Crippen LogP) is 2.61. The lowest BCUT2D eigenvalue weighted by molar-refractivity contribution is -0.141. The molecular formula is C15H19FN2O3. The van der Waals surface area contributed by atoms with Crippen molar-refractivity contribution < 1.29 is 19.1 Å². The molecular weight excluding hydrogens is 275 g/mol. The van der Waals surface area contributed by atoms with Crippen LogP contribution in [0, 0.1) is 11.7 Å². The minimum atomic E-state index is -0.826. The third-order valence-corrected chi connectivity index (χ3v) is 3.81. The lowest BCUT2D eigenvalue weighted by Crippen LogP contribution is -2.44. The number of hydrogen-bond acceptors (Lipinski definition) is 2. The van der Waals surface area contributed by atoms with E-state index in [0.29, 0.717) is 25.8 Å². The van der Waals surface area contributed by atoms with Crippen LogP contribution in [0.3, 0.4) is 0 Å². The molecule has 0 radical (unpaired) electrons. The maximum Gasteiger partial charge on any atom is 0.322 e. The number of nitrogens with zero attached hydrogens (tertiary/aromatic N) is 1. The highest BCUT2D eigenvalue weighted by Crippen LogP contribution is 2.26. The van der Waals surface area contributed by atoms with Gasteiger partial charge in [0.25, 0.3) is 0 Å². The second kappa shape index (κ2) is 6.56. The van der Waals surface area contributed by atoms with Gasteiger partial charge >= 0.3 is 12.0 Å². The van der Waals surface area contributed by atoms with E-state index in [1.54, 1.807) is 25.1 Å². The lowest BCUT2D eigenvalue weighted by Gasteiger charge is -2.24. The molecule has 21 heavy (non-hydrogen) atoms. The molecule has 2 rings (SSSR count). The van der Waals surface area contributed by atoms with Crippen molar-refractivity contribution in [2.75, 3.05) is 11.4 Å². The van der Waals surface area contributed by atoms with E-state index >= 15 is 0 Å². The van der Waals surface area contributed by atoms with E-state index in [1.807, 2.05) is 0 Å². The van der Waals surface area contributed by atoms with Crippen LogP contribution >= 0.6 is 0 Å². The van der Waals surface area contributed by atoms with Crippen molar-refractivity contribution >= 4 is 17.7 Å². The van der Waals surface area contributed by atoms with Crippen LogP contribution in [0.15, 0.2) is 24.3 Å². The van der Waals surface area contributed by atoms with Gasteiger partial charge in [0.2, 0.25) is 0 Å². The van der Waals surface area contributed by atoms with Gasteiger partial charge in [0.1, 0.15) is 5.82 Å². The number of carbonyl (C=O) groups excluding carboxylic acids is 1. The first-order valence-electron chi connectivity index (χ1n) is 7.08. The molecule has 1 aromatic carbocycles. The molecule has 0 aliphatic heterocycles. The zero-order valence-corrected chi connectivity index (χ0v) is 11.9. The Hall–Kier alpha value is -2.11. The first kappa shape index (κ1) is 15.3. The fourth-order valence-electron chi connectivity index (χ4n) is 2.68. The monoisotopic (exact) mass is 294 g/mol. The predicted molar refractivity (Wildman–Crippen MR) is 76.7 cm³/mol. The third kappa shape index (κ3) is 3.51. The second-order valence-electron chi connectivity index (χ2n) is 5.19. The minimum absolute atomic E-state index is 0.167. The number of rotatable bonds is 4. The highest BCUT2D eigenvalue weighted by atomic mass is 19.1. The van der Waals surface area contributed by atoms with E-state index in [0.717, 1.165) is 0 Å². The Kier molecular flexibility index (Phi) is 4.77. The number of anilines is 1. The maximum absolute atomic E-state index is 13.8. The highest BCUT2D eigenvalue weighted by Gasteiger charge is 2.31. The fraction of sp³-hybridized carbons (Fsp3) is 0.467. The molecule has 0 unspecified atom stereocenters. The summed E-state index contributed by atoms with van der Waals surface area (Å²) in [5.74, 6) is -1.68. The first-order chi connectivity index (χ1) is 10.0. The van der Waals surface area contributed by atoms with Gasteiger partial charge in [-0.05, 0) is 38.3 Å². The number of halogens is 1. The van der Waals surface area contributed by atoms with Gasteiger partial charge in [-0.3, -0.25) is 9.69 Å². The molecule has 6 heteroatoms. The largest absolute Gasteiger partial charge is 0.481 e. The number of benzene rings is 1.